The summed E-state index contributed by atoms with van der Waals surface area (Å²) >= 11 is 4.02. The van der Waals surface area contributed by atoms with E-state index in [4.69, 9.17) is 3.07 Å². The number of halogens is 1. The highest BCUT2D eigenvalue weighted by Gasteiger charge is 2.08. The van der Waals surface area contributed by atoms with Crippen LogP contribution in [0.15, 0.2) is 0 Å². The van der Waals surface area contributed by atoms with Gasteiger partial charge in [0, 0.05) is 31.1 Å². The van der Waals surface area contributed by atoms with Gasteiger partial charge in [-0.3, -0.25) is 0 Å². The van der Waals surface area contributed by atoms with Gasteiger partial charge in [-0.15, -0.1) is 0 Å². The first-order valence-corrected chi connectivity index (χ1v) is 6.00. The zero-order valence-corrected chi connectivity index (χ0v) is 9.57. The zero-order chi connectivity index (χ0) is 7.94. The van der Waals surface area contributed by atoms with Crippen molar-refractivity contribution in [1.82, 2.24) is 4.90 Å². The Hall–Kier alpha value is 1.000. The molecular weight excluding hydrogens is 273 g/mol. The van der Waals surface area contributed by atoms with Crippen LogP contribution in [0.3, 0.4) is 0 Å². The molecule has 0 aromatic heterocycles. The van der Waals surface area contributed by atoms with Crippen LogP contribution < -0.4 is 0 Å². The fraction of sp³-hybridized carbons (Fsp3) is 1.00. The van der Waals surface area contributed by atoms with Crippen LogP contribution >= 0.6 is 34.8 Å². The Kier molecular flexibility index (Phi) is 5.97. The quantitative estimate of drug-likeness (QED) is 0.578. The third-order valence-corrected chi connectivity index (χ3v) is 3.18. The summed E-state index contributed by atoms with van der Waals surface area (Å²) in [6.45, 7) is 4.64. The summed E-state index contributed by atoms with van der Waals surface area (Å²) in [6, 6.07) is 0. The molecule has 0 saturated carbocycles. The number of thioether (sulfide) groups is 1. The molecule has 0 unspecified atom stereocenters. The Morgan fingerprint density at radius 2 is 2.09 bits per heavy atom. The molecule has 1 aliphatic heterocycles. The Morgan fingerprint density at radius 1 is 1.36 bits per heavy atom. The van der Waals surface area contributed by atoms with E-state index < -0.39 is 0 Å². The first kappa shape index (κ1) is 10.1. The molecule has 66 valence electrons. The molecule has 4 heteroatoms. The van der Waals surface area contributed by atoms with E-state index in [9.17, 15) is 0 Å². The molecule has 0 aliphatic carbocycles. The van der Waals surface area contributed by atoms with Gasteiger partial charge in [0.2, 0.25) is 0 Å². The number of hydrogen-bond donors (Lipinski definition) is 0. The van der Waals surface area contributed by atoms with Gasteiger partial charge in [-0.1, -0.05) is 0 Å². The van der Waals surface area contributed by atoms with E-state index in [1.54, 1.807) is 0 Å². The normalized spacial score (nSPS) is 20.5. The lowest BCUT2D eigenvalue weighted by Gasteiger charge is -2.25. The molecule has 1 saturated heterocycles. The fourth-order valence-electron chi connectivity index (χ4n) is 1.17. The van der Waals surface area contributed by atoms with Crippen molar-refractivity contribution in [2.45, 2.75) is 6.42 Å². The maximum absolute atomic E-state index is 4.97. The highest BCUT2D eigenvalue weighted by molar-refractivity contribution is 14.1. The van der Waals surface area contributed by atoms with Crippen LogP contribution in [0, 0.1) is 0 Å². The Morgan fingerprint density at radius 3 is 2.73 bits per heavy atom. The van der Waals surface area contributed by atoms with Gasteiger partial charge in [-0.25, -0.2) is 0 Å². The van der Waals surface area contributed by atoms with Crippen LogP contribution in [0.4, 0.5) is 0 Å². The predicted octanol–water partition coefficient (Wildman–Crippen LogP) is 1.79. The average molecular weight is 287 g/mol. The summed E-state index contributed by atoms with van der Waals surface area (Å²) in [5, 5.41) is 0. The standard InChI is InChI=1S/C7H14INOS/c8-10-5-1-2-9-3-6-11-7-4-9/h1-7H2. The predicted molar refractivity (Wildman–Crippen MR) is 58.4 cm³/mol. The summed E-state index contributed by atoms with van der Waals surface area (Å²) in [5.74, 6) is 2.62. The third kappa shape index (κ3) is 4.55. The Labute approximate surface area is 86.7 Å². The third-order valence-electron chi connectivity index (χ3n) is 1.80. The zero-order valence-electron chi connectivity index (χ0n) is 6.59. The maximum Gasteiger partial charge on any atom is 0.109 e. The molecule has 1 rings (SSSR count). The highest BCUT2D eigenvalue weighted by Crippen LogP contribution is 2.09. The molecule has 0 spiro atoms. The van der Waals surface area contributed by atoms with Gasteiger partial charge in [-0.2, -0.15) is 11.8 Å². The van der Waals surface area contributed by atoms with Crippen molar-refractivity contribution >= 4 is 34.8 Å². The number of hydrogen-bond acceptors (Lipinski definition) is 3. The van der Waals surface area contributed by atoms with Crippen LogP contribution in [0.5, 0.6) is 0 Å². The molecule has 0 amide bonds. The van der Waals surface area contributed by atoms with Gasteiger partial charge in [0.25, 0.3) is 0 Å². The molecule has 2 nitrogen and oxygen atoms in total. The molecular formula is C7H14INOS. The first-order chi connectivity index (χ1) is 5.43. The summed E-state index contributed by atoms with van der Waals surface area (Å²) in [7, 11) is 0. The summed E-state index contributed by atoms with van der Waals surface area (Å²) in [6.07, 6.45) is 1.17. The van der Waals surface area contributed by atoms with Crippen molar-refractivity contribution in [2.24, 2.45) is 0 Å². The molecule has 1 aliphatic rings. The summed E-state index contributed by atoms with van der Waals surface area (Å²) in [5.41, 5.74) is 0. The summed E-state index contributed by atoms with van der Waals surface area (Å²) < 4.78 is 4.97. The molecule has 0 N–H and O–H groups in total. The second kappa shape index (κ2) is 6.51. The van der Waals surface area contributed by atoms with E-state index in [0.717, 1.165) is 6.61 Å². The second-order valence-electron chi connectivity index (χ2n) is 2.62. The topological polar surface area (TPSA) is 12.5 Å². The minimum atomic E-state index is 0.893. The molecule has 0 atom stereocenters. The average Bonchev–Trinajstić information content (AvgIpc) is 2.07. The van der Waals surface area contributed by atoms with Crippen molar-refractivity contribution in [2.75, 3.05) is 37.7 Å². The molecule has 0 bridgehead atoms. The van der Waals surface area contributed by atoms with Crippen LogP contribution in [0.1, 0.15) is 6.42 Å². The van der Waals surface area contributed by atoms with Gasteiger partial charge >= 0.3 is 0 Å². The van der Waals surface area contributed by atoms with Gasteiger partial charge in [0.15, 0.2) is 0 Å². The first-order valence-electron chi connectivity index (χ1n) is 3.97. The van der Waals surface area contributed by atoms with E-state index in [1.807, 2.05) is 23.0 Å². The lowest BCUT2D eigenvalue weighted by atomic mass is 10.4. The minimum Gasteiger partial charge on any atom is -0.316 e. The number of nitrogens with zero attached hydrogens (tertiary/aromatic N) is 1. The van der Waals surface area contributed by atoms with Gasteiger partial charge in [0.05, 0.1) is 6.61 Å². The maximum atomic E-state index is 4.97. The molecule has 1 fully saturated rings. The second-order valence-corrected chi connectivity index (χ2v) is 4.47. The Balaban J connectivity index is 1.96. The van der Waals surface area contributed by atoms with E-state index in [-0.39, 0.29) is 0 Å². The monoisotopic (exact) mass is 287 g/mol. The van der Waals surface area contributed by atoms with Crippen LogP contribution in [-0.4, -0.2) is 42.6 Å². The highest BCUT2D eigenvalue weighted by atomic mass is 127. The summed E-state index contributed by atoms with van der Waals surface area (Å²) in [4.78, 5) is 2.52. The van der Waals surface area contributed by atoms with Crippen molar-refractivity contribution in [3.8, 4) is 0 Å². The molecule has 0 aromatic rings. The van der Waals surface area contributed by atoms with Gasteiger partial charge < -0.3 is 7.97 Å². The SMILES string of the molecule is IOCCCN1CCSCC1. The van der Waals surface area contributed by atoms with Crippen molar-refractivity contribution in [3.05, 3.63) is 0 Å². The van der Waals surface area contributed by atoms with Crippen molar-refractivity contribution in [3.63, 3.8) is 0 Å². The van der Waals surface area contributed by atoms with Crippen LogP contribution in [0.2, 0.25) is 0 Å². The Bertz CT molecular complexity index is 98.4. The van der Waals surface area contributed by atoms with Crippen molar-refractivity contribution < 1.29 is 3.07 Å². The molecule has 1 heterocycles. The van der Waals surface area contributed by atoms with E-state index in [1.165, 1.54) is 37.6 Å². The molecule has 11 heavy (non-hydrogen) atoms. The van der Waals surface area contributed by atoms with E-state index in [2.05, 4.69) is 16.7 Å². The minimum absolute atomic E-state index is 0.893. The van der Waals surface area contributed by atoms with E-state index >= 15 is 0 Å². The van der Waals surface area contributed by atoms with Crippen LogP contribution in [0.25, 0.3) is 0 Å². The van der Waals surface area contributed by atoms with Crippen molar-refractivity contribution in [1.29, 1.82) is 0 Å². The molecule has 0 aromatic carbocycles. The lowest BCUT2D eigenvalue weighted by molar-refractivity contribution is 0.275. The molecule has 0 radical (unpaired) electrons. The lowest BCUT2D eigenvalue weighted by Crippen LogP contribution is -2.33. The van der Waals surface area contributed by atoms with Gasteiger partial charge in [0.1, 0.15) is 23.0 Å². The van der Waals surface area contributed by atoms with Crippen LogP contribution in [-0.2, 0) is 3.07 Å². The van der Waals surface area contributed by atoms with E-state index in [0.29, 0.717) is 0 Å². The largest absolute Gasteiger partial charge is 0.316 e. The fourth-order valence-corrected chi connectivity index (χ4v) is 2.46. The van der Waals surface area contributed by atoms with Gasteiger partial charge in [-0.05, 0) is 6.42 Å². The smallest absolute Gasteiger partial charge is 0.109 e. The number of rotatable bonds is 4.